The summed E-state index contributed by atoms with van der Waals surface area (Å²) in [6.07, 6.45) is 4.31. The third kappa shape index (κ3) is 6.51. The molecule has 274 valence electrons. The number of carbonyl (C=O) groups is 1. The summed E-state index contributed by atoms with van der Waals surface area (Å²) in [7, 11) is -2.18. The van der Waals surface area contributed by atoms with Crippen molar-refractivity contribution in [2.75, 3.05) is 68.8 Å². The van der Waals surface area contributed by atoms with Gasteiger partial charge in [-0.25, -0.2) is 4.39 Å². The molecule has 5 aliphatic heterocycles. The van der Waals surface area contributed by atoms with Crippen molar-refractivity contribution in [3.8, 4) is 6.01 Å². The van der Waals surface area contributed by atoms with Crippen molar-refractivity contribution in [2.45, 2.75) is 68.9 Å². The molecule has 11 nitrogen and oxygen atoms in total. The maximum absolute atomic E-state index is 14.6. The number of carbonyl (C=O) groups excluding carboxylic acids is 1. The van der Waals surface area contributed by atoms with Gasteiger partial charge in [0.1, 0.15) is 24.3 Å². The summed E-state index contributed by atoms with van der Waals surface area (Å²) in [5, 5.41) is 0.847. The first-order valence-corrected chi connectivity index (χ1v) is 20.7. The number of anilines is 1. The van der Waals surface area contributed by atoms with Gasteiger partial charge in [0.2, 0.25) is 0 Å². The third-order valence-electron chi connectivity index (χ3n) is 11.6. The molecule has 1 amide bonds. The molecule has 2 aromatic rings. The van der Waals surface area contributed by atoms with E-state index in [1.807, 2.05) is 12.1 Å². The van der Waals surface area contributed by atoms with Crippen LogP contribution in [0.5, 0.6) is 6.01 Å². The standard InChI is InChI=1S/C36H44Cl2FN7O4S/c1-51(48)15-13-44(14-16-51)33(47)31(40)30(38)29-20-45(11-4-10-41-29)32-25-21-50-36(9-7-24-26(36)5-2-6-27(24)37)18-28(25)42-34(43-32)49-22-35-8-3-12-46(35)19-23(39)17-35/h2,5-6,23H,1,3-4,7-22,40H2/t23-,35+,36+/m1/s1. The molecule has 0 saturated carbocycles. The maximum Gasteiger partial charge on any atom is 0.318 e. The number of hydrogen-bond acceptors (Lipinski definition) is 10. The lowest BCUT2D eigenvalue weighted by atomic mass is 9.87. The second-order valence-electron chi connectivity index (χ2n) is 14.8. The predicted molar refractivity (Wildman–Crippen MR) is 198 cm³/mol. The Bertz CT molecular complexity index is 1910. The van der Waals surface area contributed by atoms with Crippen LogP contribution >= 0.6 is 23.2 Å². The fourth-order valence-corrected chi connectivity index (χ4v) is 10.6. The molecule has 0 radical (unpaired) electrons. The number of halogens is 3. The quantitative estimate of drug-likeness (QED) is 0.347. The van der Waals surface area contributed by atoms with Crippen LogP contribution in [-0.2, 0) is 44.1 Å². The smallest absolute Gasteiger partial charge is 0.318 e. The molecule has 8 rings (SSSR count). The molecule has 0 unspecified atom stereocenters. The molecular weight excluding hydrogens is 716 g/mol. The summed E-state index contributed by atoms with van der Waals surface area (Å²) in [6.45, 7) is 3.88. The molecule has 51 heavy (non-hydrogen) atoms. The first-order chi connectivity index (χ1) is 24.5. The Balaban J connectivity index is 1.11. The zero-order valence-electron chi connectivity index (χ0n) is 28.7. The minimum atomic E-state index is -2.18. The highest BCUT2D eigenvalue weighted by molar-refractivity contribution is 8.00. The topological polar surface area (TPSA) is 126 Å². The van der Waals surface area contributed by atoms with Crippen molar-refractivity contribution < 1.29 is 22.9 Å². The average Bonchev–Trinajstić information content (AvgIpc) is 3.69. The molecule has 0 bridgehead atoms. The molecule has 1 aliphatic carbocycles. The summed E-state index contributed by atoms with van der Waals surface area (Å²) in [6, 6.07) is 6.23. The summed E-state index contributed by atoms with van der Waals surface area (Å²) < 4.78 is 40.2. The number of rotatable bonds is 6. The first-order valence-electron chi connectivity index (χ1n) is 17.9. The largest absolute Gasteiger partial charge is 0.461 e. The number of amides is 1. The van der Waals surface area contributed by atoms with Gasteiger partial charge in [-0.05, 0) is 71.2 Å². The van der Waals surface area contributed by atoms with E-state index < -0.39 is 27.2 Å². The highest BCUT2D eigenvalue weighted by atomic mass is 35.5. The highest BCUT2D eigenvalue weighted by Crippen LogP contribution is 2.49. The SMILES string of the molecule is C=S1(=O)CCN(C(=O)C(N)=C(Cl)C2=NCCCN(c3nc(OC[C@@]45CCCN4C[C@H](F)C5)nc4c3CO[C@@]3(CCc5c(Cl)cccc53)C4)C2)CC1. The van der Waals surface area contributed by atoms with E-state index >= 15 is 0 Å². The van der Waals surface area contributed by atoms with E-state index in [2.05, 4.69) is 21.7 Å². The van der Waals surface area contributed by atoms with Crippen LogP contribution in [0.4, 0.5) is 10.2 Å². The van der Waals surface area contributed by atoms with E-state index in [1.165, 1.54) is 0 Å². The van der Waals surface area contributed by atoms with Crippen molar-refractivity contribution in [3.05, 3.63) is 56.3 Å². The number of alkyl halides is 1. The molecule has 1 aromatic heterocycles. The predicted octanol–water partition coefficient (Wildman–Crippen LogP) is 3.62. The number of ether oxygens (including phenoxy) is 2. The minimum Gasteiger partial charge on any atom is -0.461 e. The lowest BCUT2D eigenvalue weighted by Gasteiger charge is -2.37. The fraction of sp³-hybridized carbons (Fsp3) is 0.583. The number of aromatic nitrogens is 2. The van der Waals surface area contributed by atoms with E-state index in [1.54, 1.807) is 4.90 Å². The zero-order valence-corrected chi connectivity index (χ0v) is 31.0. The van der Waals surface area contributed by atoms with Crippen molar-refractivity contribution in [1.29, 1.82) is 0 Å². The lowest BCUT2D eigenvalue weighted by molar-refractivity contribution is -0.126. The summed E-state index contributed by atoms with van der Waals surface area (Å²) in [4.78, 5) is 34.0. The van der Waals surface area contributed by atoms with Crippen LogP contribution in [0.15, 0.2) is 33.9 Å². The zero-order chi connectivity index (χ0) is 35.5. The van der Waals surface area contributed by atoms with Crippen LogP contribution in [0.3, 0.4) is 0 Å². The minimum absolute atomic E-state index is 0.0876. The second kappa shape index (κ2) is 13.5. The normalized spacial score (nSPS) is 29.2. The Morgan fingerprint density at radius 2 is 1.98 bits per heavy atom. The Kier molecular flexibility index (Phi) is 9.26. The molecular formula is C36H44Cl2FN7O4S. The molecule has 3 saturated heterocycles. The maximum atomic E-state index is 14.6. The van der Waals surface area contributed by atoms with E-state index in [0.29, 0.717) is 81.6 Å². The van der Waals surface area contributed by atoms with Gasteiger partial charge in [0, 0.05) is 67.7 Å². The summed E-state index contributed by atoms with van der Waals surface area (Å²) in [5.74, 6) is 4.71. The van der Waals surface area contributed by atoms with Crippen molar-refractivity contribution in [1.82, 2.24) is 19.8 Å². The number of nitrogens with zero attached hydrogens (tertiary/aromatic N) is 6. The van der Waals surface area contributed by atoms with Gasteiger partial charge >= 0.3 is 6.01 Å². The monoisotopic (exact) mass is 759 g/mol. The second-order valence-corrected chi connectivity index (χ2v) is 18.4. The number of hydrogen-bond donors (Lipinski definition) is 1. The van der Waals surface area contributed by atoms with Crippen LogP contribution in [0.2, 0.25) is 5.02 Å². The molecule has 3 fully saturated rings. The van der Waals surface area contributed by atoms with Gasteiger partial charge in [-0.3, -0.25) is 18.9 Å². The van der Waals surface area contributed by atoms with Gasteiger partial charge in [0.05, 0.1) is 40.7 Å². The van der Waals surface area contributed by atoms with Crippen LogP contribution in [0.25, 0.3) is 0 Å². The van der Waals surface area contributed by atoms with Crippen LogP contribution in [0, 0.1) is 0 Å². The Labute approximate surface area is 308 Å². The Morgan fingerprint density at radius 3 is 2.80 bits per heavy atom. The van der Waals surface area contributed by atoms with Crippen LogP contribution in [-0.4, -0.2) is 117 Å². The van der Waals surface area contributed by atoms with E-state index in [4.69, 9.17) is 53.4 Å². The lowest BCUT2D eigenvalue weighted by Crippen LogP contribution is -2.45. The van der Waals surface area contributed by atoms with Crippen LogP contribution < -0.4 is 15.4 Å². The van der Waals surface area contributed by atoms with E-state index in [0.717, 1.165) is 59.6 Å². The number of fused-ring (bicyclic) bond motifs is 4. The van der Waals surface area contributed by atoms with E-state index in [-0.39, 0.29) is 35.4 Å². The van der Waals surface area contributed by atoms with Gasteiger partial charge in [0.15, 0.2) is 0 Å². The fourth-order valence-electron chi connectivity index (χ4n) is 8.82. The third-order valence-corrected chi connectivity index (χ3v) is 14.2. The first kappa shape index (κ1) is 35.1. The van der Waals surface area contributed by atoms with Gasteiger partial charge < -0.3 is 25.0 Å². The molecule has 6 heterocycles. The summed E-state index contributed by atoms with van der Waals surface area (Å²) >= 11 is 13.5. The van der Waals surface area contributed by atoms with Gasteiger partial charge in [0.25, 0.3) is 5.91 Å². The average molecular weight is 761 g/mol. The number of aliphatic imine (C=N–C) groups is 1. The van der Waals surface area contributed by atoms with Crippen molar-refractivity contribution in [3.63, 3.8) is 0 Å². The summed E-state index contributed by atoms with van der Waals surface area (Å²) in [5.41, 5.74) is 9.79. The Hall–Kier alpha value is -2.97. The molecule has 1 spiro atoms. The highest BCUT2D eigenvalue weighted by Gasteiger charge is 2.50. The van der Waals surface area contributed by atoms with Crippen molar-refractivity contribution in [2.24, 2.45) is 10.7 Å². The van der Waals surface area contributed by atoms with Gasteiger partial charge in [-0.15, -0.1) is 0 Å². The van der Waals surface area contributed by atoms with Gasteiger partial charge in [-0.1, -0.05) is 35.3 Å². The van der Waals surface area contributed by atoms with Crippen LogP contribution in [0.1, 0.15) is 54.5 Å². The molecule has 15 heteroatoms. The number of benzene rings is 1. The molecule has 2 N–H and O–H groups in total. The molecule has 6 aliphatic rings. The van der Waals surface area contributed by atoms with Crippen molar-refractivity contribution >= 4 is 56.0 Å². The van der Waals surface area contributed by atoms with Gasteiger partial charge in [-0.2, -0.15) is 9.97 Å². The Morgan fingerprint density at radius 1 is 1.16 bits per heavy atom. The molecule has 3 atom stereocenters. The van der Waals surface area contributed by atoms with E-state index in [9.17, 15) is 13.4 Å². The molecule has 1 aromatic carbocycles. The number of nitrogens with two attached hydrogens (primary N) is 1.